The molecule has 0 amide bonds. The van der Waals surface area contributed by atoms with Crippen LogP contribution in [0.3, 0.4) is 0 Å². The highest BCUT2D eigenvalue weighted by Crippen LogP contribution is 2.30. The number of nitrogens with zero attached hydrogens (tertiary/aromatic N) is 2. The van der Waals surface area contributed by atoms with Gasteiger partial charge in [-0.05, 0) is 12.1 Å². The molecule has 0 aliphatic heterocycles. The predicted molar refractivity (Wildman–Crippen MR) is 46.0 cm³/mol. The first-order chi connectivity index (χ1) is 6.48. The summed E-state index contributed by atoms with van der Waals surface area (Å²) < 4.78 is 37.9. The summed E-state index contributed by atoms with van der Waals surface area (Å²) in [6.45, 7) is 0. The average molecular weight is 221 g/mol. The number of pyridine rings is 1. The third-order valence-corrected chi connectivity index (χ3v) is 2.08. The predicted octanol–water partition coefficient (Wildman–Crippen LogP) is 3.06. The van der Waals surface area contributed by atoms with Crippen molar-refractivity contribution in [3.63, 3.8) is 0 Å². The van der Waals surface area contributed by atoms with Gasteiger partial charge in [0.1, 0.15) is 0 Å². The molecule has 0 aromatic carbocycles. The van der Waals surface area contributed by atoms with Gasteiger partial charge >= 0.3 is 6.18 Å². The van der Waals surface area contributed by atoms with Crippen LogP contribution in [0.2, 0.25) is 0 Å². The summed E-state index contributed by atoms with van der Waals surface area (Å²) in [5, 5.41) is 0.370. The molecule has 0 unspecified atom stereocenters. The summed E-state index contributed by atoms with van der Waals surface area (Å²) in [6.07, 6.45) is -2.16. The Balaban J connectivity index is 2.63. The number of aromatic nitrogens is 2. The van der Waals surface area contributed by atoms with Gasteiger partial charge in [-0.25, -0.2) is 9.07 Å². The van der Waals surface area contributed by atoms with Crippen molar-refractivity contribution in [1.29, 1.82) is 0 Å². The zero-order valence-electron chi connectivity index (χ0n) is 6.72. The molecule has 6 heteroatoms. The van der Waals surface area contributed by atoms with Crippen molar-refractivity contribution in [2.24, 2.45) is 0 Å². The minimum Gasteiger partial charge on any atom is -0.243 e. The largest absolute Gasteiger partial charge is 0.417 e. The van der Waals surface area contributed by atoms with Gasteiger partial charge in [-0.15, -0.1) is 0 Å². The number of rotatable bonds is 0. The highest BCUT2D eigenvalue weighted by Gasteiger charge is 2.31. The van der Waals surface area contributed by atoms with Crippen molar-refractivity contribution in [1.82, 2.24) is 9.07 Å². The summed E-state index contributed by atoms with van der Waals surface area (Å²) in [6, 6.07) is 2.49. The normalized spacial score (nSPS) is 12.3. The van der Waals surface area contributed by atoms with E-state index >= 15 is 0 Å². The first-order valence-electron chi connectivity index (χ1n) is 3.69. The molecule has 14 heavy (non-hydrogen) atoms. The standard InChI is InChI=1S/C8H4ClF3N2/c9-14-2-1-5-3-6(8(10,11)12)4-13-7(5)14/h1-4H. The molecule has 74 valence electrons. The molecule has 0 saturated heterocycles. The van der Waals surface area contributed by atoms with E-state index in [4.69, 9.17) is 11.8 Å². The summed E-state index contributed by atoms with van der Waals surface area (Å²) in [5.41, 5.74) is -0.451. The van der Waals surface area contributed by atoms with Crippen LogP contribution < -0.4 is 0 Å². The molecule has 0 aliphatic carbocycles. The van der Waals surface area contributed by atoms with Crippen molar-refractivity contribution in [2.45, 2.75) is 6.18 Å². The fraction of sp³-hybridized carbons (Fsp3) is 0.125. The SMILES string of the molecule is FC(F)(F)c1cnc2c(ccn2Cl)c1. The van der Waals surface area contributed by atoms with E-state index in [1.54, 1.807) is 0 Å². The Hall–Kier alpha value is -1.23. The van der Waals surface area contributed by atoms with Crippen LogP contribution in [-0.2, 0) is 6.18 Å². The van der Waals surface area contributed by atoms with Crippen LogP contribution >= 0.6 is 11.8 Å². The van der Waals surface area contributed by atoms with Crippen LogP contribution in [0.25, 0.3) is 11.0 Å². The average Bonchev–Trinajstić information content (AvgIpc) is 2.46. The van der Waals surface area contributed by atoms with E-state index in [-0.39, 0.29) is 0 Å². The summed E-state index contributed by atoms with van der Waals surface area (Å²) in [7, 11) is 0. The summed E-state index contributed by atoms with van der Waals surface area (Å²) in [5.74, 6) is 0. The number of hydrogen-bond acceptors (Lipinski definition) is 1. The van der Waals surface area contributed by atoms with Gasteiger partial charge in [-0.1, -0.05) is 0 Å². The number of hydrogen-bond donors (Lipinski definition) is 0. The minimum absolute atomic E-state index is 0.319. The lowest BCUT2D eigenvalue weighted by molar-refractivity contribution is -0.137. The monoisotopic (exact) mass is 220 g/mol. The Kier molecular flexibility index (Phi) is 1.92. The van der Waals surface area contributed by atoms with Crippen molar-refractivity contribution >= 4 is 22.8 Å². The molecule has 0 fully saturated rings. The Labute approximate surface area is 82.0 Å². The molecule has 2 heterocycles. The molecule has 0 bridgehead atoms. The molecule has 2 nitrogen and oxygen atoms in total. The third kappa shape index (κ3) is 1.43. The van der Waals surface area contributed by atoms with Crippen molar-refractivity contribution in [2.75, 3.05) is 0 Å². The molecule has 0 N–H and O–H groups in total. The van der Waals surface area contributed by atoms with E-state index in [1.807, 2.05) is 0 Å². The lowest BCUT2D eigenvalue weighted by atomic mass is 10.2. The first-order valence-corrected chi connectivity index (χ1v) is 4.03. The lowest BCUT2D eigenvalue weighted by Gasteiger charge is -2.05. The van der Waals surface area contributed by atoms with Crippen LogP contribution in [0, 0.1) is 0 Å². The highest BCUT2D eigenvalue weighted by molar-refractivity contribution is 6.18. The van der Waals surface area contributed by atoms with Crippen LogP contribution in [0.15, 0.2) is 24.5 Å². The third-order valence-electron chi connectivity index (χ3n) is 1.81. The van der Waals surface area contributed by atoms with E-state index in [9.17, 15) is 13.2 Å². The molecular weight excluding hydrogens is 217 g/mol. The van der Waals surface area contributed by atoms with Crippen LogP contribution in [-0.4, -0.2) is 9.07 Å². The second-order valence-electron chi connectivity index (χ2n) is 2.76. The second-order valence-corrected chi connectivity index (χ2v) is 3.13. The van der Waals surface area contributed by atoms with Gasteiger partial charge in [0.05, 0.1) is 5.56 Å². The topological polar surface area (TPSA) is 17.8 Å². The van der Waals surface area contributed by atoms with Gasteiger partial charge in [0.15, 0.2) is 5.65 Å². The highest BCUT2D eigenvalue weighted by atomic mass is 35.5. The molecule has 0 atom stereocenters. The van der Waals surface area contributed by atoms with Gasteiger partial charge in [-0.2, -0.15) is 13.2 Å². The Morgan fingerprint density at radius 3 is 2.71 bits per heavy atom. The minimum atomic E-state index is -4.37. The second kappa shape index (κ2) is 2.88. The smallest absolute Gasteiger partial charge is 0.243 e. The number of fused-ring (bicyclic) bond motifs is 1. The molecule has 2 aromatic rings. The van der Waals surface area contributed by atoms with Crippen molar-refractivity contribution in [3.05, 3.63) is 30.1 Å². The van der Waals surface area contributed by atoms with E-state index in [0.29, 0.717) is 11.0 Å². The molecule has 0 saturated carbocycles. The first kappa shape index (κ1) is 9.33. The Bertz CT molecular complexity index is 475. The van der Waals surface area contributed by atoms with Crippen LogP contribution in [0.1, 0.15) is 5.56 Å². The van der Waals surface area contributed by atoms with Gasteiger partial charge < -0.3 is 0 Å². The van der Waals surface area contributed by atoms with E-state index in [1.165, 1.54) is 12.3 Å². The summed E-state index contributed by atoms with van der Waals surface area (Å²) >= 11 is 5.61. The van der Waals surface area contributed by atoms with Crippen LogP contribution in [0.5, 0.6) is 0 Å². The van der Waals surface area contributed by atoms with E-state index in [2.05, 4.69) is 4.98 Å². The summed E-state index contributed by atoms with van der Waals surface area (Å²) in [4.78, 5) is 3.62. The Morgan fingerprint density at radius 2 is 2.07 bits per heavy atom. The molecular formula is C8H4ClF3N2. The van der Waals surface area contributed by atoms with Gasteiger partial charge in [0.25, 0.3) is 0 Å². The van der Waals surface area contributed by atoms with E-state index in [0.717, 1.165) is 16.3 Å². The lowest BCUT2D eigenvalue weighted by Crippen LogP contribution is -2.05. The Morgan fingerprint density at radius 1 is 1.36 bits per heavy atom. The zero-order chi connectivity index (χ0) is 10.3. The fourth-order valence-corrected chi connectivity index (χ4v) is 1.34. The zero-order valence-corrected chi connectivity index (χ0v) is 7.47. The van der Waals surface area contributed by atoms with Gasteiger partial charge in [0.2, 0.25) is 0 Å². The number of alkyl halides is 3. The molecule has 0 spiro atoms. The molecule has 0 radical (unpaired) electrons. The quantitative estimate of drug-likeness (QED) is 0.667. The van der Waals surface area contributed by atoms with Crippen molar-refractivity contribution < 1.29 is 13.2 Å². The van der Waals surface area contributed by atoms with E-state index < -0.39 is 11.7 Å². The molecule has 0 aliphatic rings. The maximum absolute atomic E-state index is 12.2. The van der Waals surface area contributed by atoms with Gasteiger partial charge in [-0.3, -0.25) is 0 Å². The maximum Gasteiger partial charge on any atom is 0.417 e. The van der Waals surface area contributed by atoms with Crippen molar-refractivity contribution in [3.8, 4) is 0 Å². The molecule has 2 aromatic heterocycles. The molecule has 2 rings (SSSR count). The maximum atomic E-state index is 12.2. The van der Waals surface area contributed by atoms with Crippen LogP contribution in [0.4, 0.5) is 13.2 Å². The van der Waals surface area contributed by atoms with Gasteiger partial charge in [0, 0.05) is 29.6 Å². The number of halogens is 4. The fourth-order valence-electron chi connectivity index (χ4n) is 1.15.